The molecule has 0 unspecified atom stereocenters. The van der Waals surface area contributed by atoms with Crippen LogP contribution in [0.4, 0.5) is 10.5 Å². The summed E-state index contributed by atoms with van der Waals surface area (Å²) in [7, 11) is 0. The number of rotatable bonds is 4. The van der Waals surface area contributed by atoms with Gasteiger partial charge in [0.1, 0.15) is 0 Å². The van der Waals surface area contributed by atoms with Crippen LogP contribution in [0.5, 0.6) is 0 Å². The summed E-state index contributed by atoms with van der Waals surface area (Å²) in [6.07, 6.45) is 4.16. The molecule has 1 aromatic carbocycles. The molecule has 0 aromatic heterocycles. The van der Waals surface area contributed by atoms with Crippen LogP contribution < -0.4 is 10.6 Å². The normalized spacial score (nSPS) is 17.0. The van der Waals surface area contributed by atoms with Gasteiger partial charge in [0.2, 0.25) is 0 Å². The van der Waals surface area contributed by atoms with E-state index in [-0.39, 0.29) is 12.6 Å². The summed E-state index contributed by atoms with van der Waals surface area (Å²) in [6.45, 7) is 2.16. The third-order valence-corrected chi connectivity index (χ3v) is 4.16. The second-order valence-electron chi connectivity index (χ2n) is 5.82. The molecule has 114 valence electrons. The smallest absolute Gasteiger partial charge is 0.319 e. The van der Waals surface area contributed by atoms with Gasteiger partial charge in [0.15, 0.2) is 0 Å². The number of hydrogen-bond acceptors (Lipinski definition) is 2. The van der Waals surface area contributed by atoms with Crippen LogP contribution >= 0.6 is 0 Å². The lowest BCUT2D eigenvalue weighted by Crippen LogP contribution is -2.45. The molecule has 1 fully saturated rings. The predicted molar refractivity (Wildman–Crippen MR) is 81.4 cm³/mol. The van der Waals surface area contributed by atoms with Crippen LogP contribution in [0.3, 0.4) is 0 Å². The summed E-state index contributed by atoms with van der Waals surface area (Å²) >= 11 is 0. The SMILES string of the molecule is Cc1ccc(NC(=O)NCC2(C(=O)O)CCCCC2)cc1. The lowest BCUT2D eigenvalue weighted by molar-refractivity contribution is -0.150. The van der Waals surface area contributed by atoms with Gasteiger partial charge in [0.05, 0.1) is 5.41 Å². The molecule has 3 N–H and O–H groups in total. The molecule has 1 aliphatic carbocycles. The van der Waals surface area contributed by atoms with Gasteiger partial charge in [-0.05, 0) is 31.9 Å². The van der Waals surface area contributed by atoms with Crippen molar-refractivity contribution >= 4 is 17.7 Å². The van der Waals surface area contributed by atoms with Gasteiger partial charge in [-0.1, -0.05) is 37.0 Å². The van der Waals surface area contributed by atoms with Crippen LogP contribution in [0, 0.1) is 12.3 Å². The number of urea groups is 1. The number of nitrogens with one attached hydrogen (secondary N) is 2. The molecule has 1 saturated carbocycles. The van der Waals surface area contributed by atoms with Crippen molar-refractivity contribution in [1.82, 2.24) is 5.32 Å². The Morgan fingerprint density at radius 3 is 2.33 bits per heavy atom. The number of benzene rings is 1. The van der Waals surface area contributed by atoms with Crippen molar-refractivity contribution in [3.63, 3.8) is 0 Å². The Morgan fingerprint density at radius 1 is 1.14 bits per heavy atom. The van der Waals surface area contributed by atoms with Gasteiger partial charge in [-0.2, -0.15) is 0 Å². The molecule has 0 bridgehead atoms. The summed E-state index contributed by atoms with van der Waals surface area (Å²) < 4.78 is 0. The van der Waals surface area contributed by atoms with E-state index in [4.69, 9.17) is 0 Å². The average Bonchev–Trinajstić information content (AvgIpc) is 2.48. The minimum absolute atomic E-state index is 0.181. The van der Waals surface area contributed by atoms with E-state index in [0.29, 0.717) is 18.5 Å². The molecule has 0 saturated heterocycles. The molecule has 5 heteroatoms. The number of anilines is 1. The molecular weight excluding hydrogens is 268 g/mol. The van der Waals surface area contributed by atoms with Crippen LogP contribution in [0.25, 0.3) is 0 Å². The number of carboxylic acids is 1. The molecule has 1 aliphatic rings. The third kappa shape index (κ3) is 3.97. The van der Waals surface area contributed by atoms with E-state index in [0.717, 1.165) is 24.8 Å². The third-order valence-electron chi connectivity index (χ3n) is 4.16. The van der Waals surface area contributed by atoms with E-state index >= 15 is 0 Å². The van der Waals surface area contributed by atoms with Crippen molar-refractivity contribution in [2.75, 3.05) is 11.9 Å². The van der Waals surface area contributed by atoms with Crippen molar-refractivity contribution in [3.05, 3.63) is 29.8 Å². The fraction of sp³-hybridized carbons (Fsp3) is 0.500. The van der Waals surface area contributed by atoms with Gasteiger partial charge >= 0.3 is 12.0 Å². The zero-order chi connectivity index (χ0) is 15.3. The zero-order valence-electron chi connectivity index (χ0n) is 12.3. The molecule has 0 spiro atoms. The molecule has 21 heavy (non-hydrogen) atoms. The van der Waals surface area contributed by atoms with E-state index in [9.17, 15) is 14.7 Å². The lowest BCUT2D eigenvalue weighted by Gasteiger charge is -2.33. The predicted octanol–water partition coefficient (Wildman–Crippen LogP) is 3.15. The minimum Gasteiger partial charge on any atom is -0.481 e. The topological polar surface area (TPSA) is 78.4 Å². The highest BCUT2D eigenvalue weighted by molar-refractivity contribution is 5.89. The number of carbonyl (C=O) groups is 2. The first-order chi connectivity index (χ1) is 10.0. The number of aliphatic carboxylic acids is 1. The highest BCUT2D eigenvalue weighted by atomic mass is 16.4. The van der Waals surface area contributed by atoms with Crippen LogP contribution in [0.15, 0.2) is 24.3 Å². The zero-order valence-corrected chi connectivity index (χ0v) is 12.3. The van der Waals surface area contributed by atoms with E-state index in [1.54, 1.807) is 0 Å². The Hall–Kier alpha value is -2.04. The van der Waals surface area contributed by atoms with Gasteiger partial charge in [-0.25, -0.2) is 4.79 Å². The first kappa shape index (κ1) is 15.4. The summed E-state index contributed by atoms with van der Waals surface area (Å²) in [5, 5.41) is 14.9. The molecule has 0 atom stereocenters. The summed E-state index contributed by atoms with van der Waals surface area (Å²) in [6, 6.07) is 7.11. The van der Waals surface area contributed by atoms with E-state index in [2.05, 4.69) is 10.6 Å². The lowest BCUT2D eigenvalue weighted by atomic mass is 9.74. The summed E-state index contributed by atoms with van der Waals surface area (Å²) in [5.41, 5.74) is 1.02. The molecular formula is C16H22N2O3. The number of hydrogen-bond donors (Lipinski definition) is 3. The second kappa shape index (κ2) is 6.61. The second-order valence-corrected chi connectivity index (χ2v) is 5.82. The Labute approximate surface area is 124 Å². The number of carboxylic acid groups (broad SMARTS) is 1. The molecule has 1 aromatic rings. The van der Waals surface area contributed by atoms with E-state index < -0.39 is 11.4 Å². The highest BCUT2D eigenvalue weighted by Gasteiger charge is 2.39. The van der Waals surface area contributed by atoms with Crippen LogP contribution in [-0.4, -0.2) is 23.7 Å². The number of carbonyl (C=O) groups excluding carboxylic acids is 1. The van der Waals surface area contributed by atoms with Gasteiger partial charge in [-0.15, -0.1) is 0 Å². The van der Waals surface area contributed by atoms with E-state index in [1.165, 1.54) is 0 Å². The number of amides is 2. The van der Waals surface area contributed by atoms with Crippen molar-refractivity contribution in [1.29, 1.82) is 0 Å². The Kier molecular flexibility index (Phi) is 4.83. The molecule has 0 heterocycles. The summed E-state index contributed by atoms with van der Waals surface area (Å²) in [5.74, 6) is -0.808. The molecule has 0 aliphatic heterocycles. The van der Waals surface area contributed by atoms with Crippen molar-refractivity contribution in [3.8, 4) is 0 Å². The first-order valence-corrected chi connectivity index (χ1v) is 7.37. The fourth-order valence-corrected chi connectivity index (χ4v) is 2.76. The standard InChI is InChI=1S/C16H22N2O3/c1-12-5-7-13(8-6-12)18-15(21)17-11-16(14(19)20)9-3-2-4-10-16/h5-8H,2-4,9-11H2,1H3,(H,19,20)(H2,17,18,21). The Morgan fingerprint density at radius 2 is 1.76 bits per heavy atom. The maximum absolute atomic E-state index is 11.9. The highest BCUT2D eigenvalue weighted by Crippen LogP contribution is 2.36. The Balaban J connectivity index is 1.90. The van der Waals surface area contributed by atoms with Crippen molar-refractivity contribution in [2.24, 2.45) is 5.41 Å². The van der Waals surface area contributed by atoms with E-state index in [1.807, 2.05) is 31.2 Å². The molecule has 2 rings (SSSR count). The first-order valence-electron chi connectivity index (χ1n) is 7.37. The van der Waals surface area contributed by atoms with Crippen molar-refractivity contribution < 1.29 is 14.7 Å². The maximum atomic E-state index is 11.9. The molecule has 5 nitrogen and oxygen atoms in total. The van der Waals surface area contributed by atoms with Crippen LogP contribution in [-0.2, 0) is 4.79 Å². The maximum Gasteiger partial charge on any atom is 0.319 e. The van der Waals surface area contributed by atoms with Gasteiger partial charge in [-0.3, -0.25) is 4.79 Å². The van der Waals surface area contributed by atoms with Gasteiger partial charge in [0, 0.05) is 12.2 Å². The van der Waals surface area contributed by atoms with Crippen LogP contribution in [0.2, 0.25) is 0 Å². The molecule has 0 radical (unpaired) electrons. The minimum atomic E-state index is -0.808. The summed E-state index contributed by atoms with van der Waals surface area (Å²) in [4.78, 5) is 23.4. The fourth-order valence-electron chi connectivity index (χ4n) is 2.76. The molecule has 2 amide bonds. The number of aryl methyl sites for hydroxylation is 1. The van der Waals surface area contributed by atoms with Gasteiger partial charge < -0.3 is 15.7 Å². The largest absolute Gasteiger partial charge is 0.481 e. The Bertz CT molecular complexity index is 505. The quantitative estimate of drug-likeness (QED) is 0.797. The monoisotopic (exact) mass is 290 g/mol. The van der Waals surface area contributed by atoms with Gasteiger partial charge in [0.25, 0.3) is 0 Å². The average molecular weight is 290 g/mol. The van der Waals surface area contributed by atoms with Crippen LogP contribution in [0.1, 0.15) is 37.7 Å². The van der Waals surface area contributed by atoms with Crippen molar-refractivity contribution in [2.45, 2.75) is 39.0 Å².